The van der Waals surface area contributed by atoms with Crippen molar-refractivity contribution in [3.8, 4) is 0 Å². The minimum atomic E-state index is -0.500. The van der Waals surface area contributed by atoms with Crippen molar-refractivity contribution in [2.75, 3.05) is 5.48 Å². The van der Waals surface area contributed by atoms with Crippen molar-refractivity contribution in [1.82, 2.24) is 0 Å². The van der Waals surface area contributed by atoms with Gasteiger partial charge in [0.2, 0.25) is 0 Å². The summed E-state index contributed by atoms with van der Waals surface area (Å²) in [5, 5.41) is 9.47. The number of fused-ring (bicyclic) bond motifs is 1. The van der Waals surface area contributed by atoms with Crippen molar-refractivity contribution < 1.29 is 9.94 Å². The summed E-state index contributed by atoms with van der Waals surface area (Å²) in [4.78, 5) is 5.01. The van der Waals surface area contributed by atoms with Crippen LogP contribution in [0.15, 0.2) is 36.4 Å². The van der Waals surface area contributed by atoms with Crippen LogP contribution in [0.2, 0.25) is 0 Å². The maximum Gasteiger partial charge on any atom is 0.283 e. The van der Waals surface area contributed by atoms with Crippen molar-refractivity contribution in [1.29, 1.82) is 0 Å². The first-order valence-corrected chi connectivity index (χ1v) is 7.53. The van der Waals surface area contributed by atoms with Gasteiger partial charge < -0.3 is 21.4 Å². The fourth-order valence-corrected chi connectivity index (χ4v) is 2.31. The van der Waals surface area contributed by atoms with Gasteiger partial charge >= 0.3 is 0 Å². The van der Waals surface area contributed by atoms with Crippen molar-refractivity contribution in [3.05, 3.63) is 42.0 Å². The number of rotatable bonds is 3. The lowest BCUT2D eigenvalue weighted by Gasteiger charge is -2.12. The van der Waals surface area contributed by atoms with Crippen LogP contribution in [-0.2, 0) is 4.84 Å². The number of nitrogens with one attached hydrogen (secondary N) is 1. The van der Waals surface area contributed by atoms with Gasteiger partial charge in [0.15, 0.2) is 0 Å². The summed E-state index contributed by atoms with van der Waals surface area (Å²) < 4.78 is 0. The normalized spacial score (nSPS) is 12.9. The molecular weight excluding hydrogens is 318 g/mol. The third-order valence-corrected chi connectivity index (χ3v) is 3.32. The minimum absolute atomic E-state index is 0.00893. The van der Waals surface area contributed by atoms with Gasteiger partial charge in [0.1, 0.15) is 0 Å². The van der Waals surface area contributed by atoms with Crippen LogP contribution in [-0.4, -0.2) is 15.5 Å². The molecule has 0 spiro atoms. The third kappa shape index (κ3) is 4.44. The van der Waals surface area contributed by atoms with E-state index in [2.05, 4.69) is 59.9 Å². The fraction of sp³-hybridized carbons (Fsp3) is 0.200. The van der Waals surface area contributed by atoms with E-state index in [-0.39, 0.29) is 5.17 Å². The number of hydrogen-bond acceptors (Lipinski definition) is 4. The Labute approximate surface area is 139 Å². The van der Waals surface area contributed by atoms with E-state index in [1.165, 1.54) is 23.8 Å². The highest BCUT2D eigenvalue weighted by Gasteiger charge is 2.25. The first-order valence-electron chi connectivity index (χ1n) is 6.71. The van der Waals surface area contributed by atoms with Crippen LogP contribution in [0.5, 0.6) is 0 Å². The molecule has 1 fully saturated rings. The number of aliphatic hydroxyl groups excluding tert-OH is 1. The molecule has 0 heterocycles. The third-order valence-electron chi connectivity index (χ3n) is 3.24. The summed E-state index contributed by atoms with van der Waals surface area (Å²) in [5.41, 5.74) is 14.8. The smallest absolute Gasteiger partial charge is 0.283 e. The van der Waals surface area contributed by atoms with E-state index in [0.717, 1.165) is 17.0 Å². The molecule has 2 aromatic rings. The average molecular weight is 335 g/mol. The second kappa shape index (κ2) is 7.24. The van der Waals surface area contributed by atoms with Gasteiger partial charge in [-0.05, 0) is 60.2 Å². The number of thiocarbonyl (C=S) groups is 2. The molecule has 0 atom stereocenters. The molecule has 3 rings (SSSR count). The summed E-state index contributed by atoms with van der Waals surface area (Å²) in [6.45, 7) is 0. The molecule has 0 saturated heterocycles. The maximum absolute atomic E-state index is 7.56. The van der Waals surface area contributed by atoms with Crippen LogP contribution < -0.4 is 16.9 Å². The summed E-state index contributed by atoms with van der Waals surface area (Å²) in [6.07, 6.45) is 2.58. The van der Waals surface area contributed by atoms with Gasteiger partial charge in [-0.1, -0.05) is 30.3 Å². The van der Waals surface area contributed by atoms with Gasteiger partial charge in [0, 0.05) is 5.39 Å². The highest BCUT2D eigenvalue weighted by atomic mass is 32.1. The Morgan fingerprint density at radius 3 is 2.23 bits per heavy atom. The minimum Gasteiger partial charge on any atom is -0.487 e. The lowest BCUT2D eigenvalue weighted by Crippen LogP contribution is -2.16. The van der Waals surface area contributed by atoms with Crippen molar-refractivity contribution in [2.45, 2.75) is 18.8 Å². The monoisotopic (exact) mass is 335 g/mol. The Bertz CT molecular complexity index is 698. The van der Waals surface area contributed by atoms with Crippen LogP contribution in [0.4, 0.5) is 5.69 Å². The average Bonchev–Trinajstić information content (AvgIpc) is 3.28. The van der Waals surface area contributed by atoms with E-state index in [1.54, 1.807) is 0 Å². The topological polar surface area (TPSA) is 93.5 Å². The van der Waals surface area contributed by atoms with Crippen LogP contribution in [0.3, 0.4) is 0 Å². The van der Waals surface area contributed by atoms with E-state index in [0.29, 0.717) is 0 Å². The second-order valence-corrected chi connectivity index (χ2v) is 5.70. The van der Waals surface area contributed by atoms with Gasteiger partial charge in [-0.15, -0.1) is 0 Å². The Morgan fingerprint density at radius 1 is 1.09 bits per heavy atom. The molecule has 5 nitrogen and oxygen atoms in total. The van der Waals surface area contributed by atoms with Crippen LogP contribution in [0, 0.1) is 0 Å². The maximum atomic E-state index is 7.56. The lowest BCUT2D eigenvalue weighted by molar-refractivity contribution is 0.399. The van der Waals surface area contributed by atoms with Crippen LogP contribution in [0.1, 0.15) is 24.3 Å². The van der Waals surface area contributed by atoms with Gasteiger partial charge in [-0.3, -0.25) is 0 Å². The van der Waals surface area contributed by atoms with Gasteiger partial charge in [0.05, 0.1) is 5.69 Å². The molecule has 6 N–H and O–H groups in total. The highest BCUT2D eigenvalue weighted by Crippen LogP contribution is 2.44. The number of hydrogen-bond donors (Lipinski definition) is 4. The molecule has 0 radical (unpaired) electrons. The predicted octanol–water partition coefficient (Wildman–Crippen LogP) is 3.09. The summed E-state index contributed by atoms with van der Waals surface area (Å²) in [5.74, 6) is 0.723. The standard InChI is InChI=1S/C14H14N2OS.CH3NOS/c15-14(18)17-16-13-8-7-10(9-5-6-9)11-3-1-2-4-12(11)13;2-1(3)4/h1-4,7-9,16H,5-6H2,(H2,15,18);(H3,2,3,4). The number of aliphatic hydroxyl groups is 1. The molecule has 0 amide bonds. The van der Waals surface area contributed by atoms with E-state index in [1.807, 2.05) is 12.1 Å². The Balaban J connectivity index is 0.000000396. The van der Waals surface area contributed by atoms with Gasteiger partial charge in [0.25, 0.3) is 10.3 Å². The largest absolute Gasteiger partial charge is 0.487 e. The first kappa shape index (κ1) is 16.3. The van der Waals surface area contributed by atoms with E-state index < -0.39 is 5.17 Å². The molecule has 0 aliphatic heterocycles. The molecule has 1 saturated carbocycles. The zero-order valence-electron chi connectivity index (χ0n) is 11.8. The van der Waals surface area contributed by atoms with Gasteiger partial charge in [-0.25, -0.2) is 5.48 Å². The van der Waals surface area contributed by atoms with Crippen LogP contribution in [0.25, 0.3) is 10.8 Å². The molecule has 1 aliphatic rings. The van der Waals surface area contributed by atoms with E-state index >= 15 is 0 Å². The fourth-order valence-electron chi connectivity index (χ4n) is 2.27. The Hall–Kier alpha value is -2.12. The lowest BCUT2D eigenvalue weighted by atomic mass is 10.00. The number of nitrogens with two attached hydrogens (primary N) is 2. The first-order chi connectivity index (χ1) is 10.5. The summed E-state index contributed by atoms with van der Waals surface area (Å²) in [7, 11) is 0. The second-order valence-electron chi connectivity index (χ2n) is 4.88. The van der Waals surface area contributed by atoms with Crippen LogP contribution >= 0.6 is 24.4 Å². The van der Waals surface area contributed by atoms with Crippen molar-refractivity contribution in [3.63, 3.8) is 0 Å². The van der Waals surface area contributed by atoms with E-state index in [9.17, 15) is 0 Å². The Kier molecular flexibility index (Phi) is 5.35. The number of anilines is 1. The van der Waals surface area contributed by atoms with Crippen molar-refractivity contribution in [2.24, 2.45) is 11.5 Å². The molecule has 22 heavy (non-hydrogen) atoms. The summed E-state index contributed by atoms with van der Waals surface area (Å²) in [6, 6.07) is 12.5. The highest BCUT2D eigenvalue weighted by molar-refractivity contribution is 7.80. The zero-order valence-corrected chi connectivity index (χ0v) is 13.4. The molecule has 0 aromatic heterocycles. The summed E-state index contributed by atoms with van der Waals surface area (Å²) >= 11 is 8.56. The van der Waals surface area contributed by atoms with Crippen molar-refractivity contribution >= 4 is 51.2 Å². The molecule has 0 unspecified atom stereocenters. The molecule has 116 valence electrons. The SMILES string of the molecule is NC(=S)ONc1ccc(C2CC2)c2ccccc12.NC(O)=S. The molecular formula is C15H17N3O2S2. The molecule has 2 aromatic carbocycles. The predicted molar refractivity (Wildman–Crippen MR) is 96.8 cm³/mol. The Morgan fingerprint density at radius 2 is 1.68 bits per heavy atom. The zero-order chi connectivity index (χ0) is 16.1. The molecule has 7 heteroatoms. The van der Waals surface area contributed by atoms with E-state index in [4.69, 9.17) is 15.7 Å². The molecule has 1 aliphatic carbocycles. The number of benzene rings is 2. The van der Waals surface area contributed by atoms with Gasteiger partial charge in [-0.2, -0.15) is 0 Å². The molecule has 0 bridgehead atoms. The quantitative estimate of drug-likeness (QED) is 0.506.